The highest BCUT2D eigenvalue weighted by Crippen LogP contribution is 2.49. The first-order chi connectivity index (χ1) is 9.79. The van der Waals surface area contributed by atoms with Crippen molar-refractivity contribution in [1.29, 1.82) is 0 Å². The zero-order valence-electron chi connectivity index (χ0n) is 10.8. The maximum absolute atomic E-state index is 6.39. The fraction of sp³-hybridized carbons (Fsp3) is 0.267. The van der Waals surface area contributed by atoms with Gasteiger partial charge in [0.05, 0.1) is 5.41 Å². The standard InChI is InChI=1S/C15H13ClN4/c16-12-6-2-1-5-11(12)15(7-3-8-15)13-18-14-17-9-4-10-20(14)19-13/h1-2,4-6,9-10H,3,7-8H2. The van der Waals surface area contributed by atoms with E-state index in [-0.39, 0.29) is 5.41 Å². The van der Waals surface area contributed by atoms with Crippen LogP contribution in [0, 0.1) is 0 Å². The highest BCUT2D eigenvalue weighted by Gasteiger charge is 2.45. The zero-order chi connectivity index (χ0) is 13.6. The van der Waals surface area contributed by atoms with E-state index in [9.17, 15) is 0 Å². The molecular weight excluding hydrogens is 272 g/mol. The summed E-state index contributed by atoms with van der Waals surface area (Å²) in [5, 5.41) is 5.40. The summed E-state index contributed by atoms with van der Waals surface area (Å²) < 4.78 is 1.73. The highest BCUT2D eigenvalue weighted by molar-refractivity contribution is 6.31. The number of rotatable bonds is 2. The van der Waals surface area contributed by atoms with Gasteiger partial charge in [0.25, 0.3) is 5.78 Å². The Labute approximate surface area is 121 Å². The predicted molar refractivity (Wildman–Crippen MR) is 76.9 cm³/mol. The van der Waals surface area contributed by atoms with Crippen LogP contribution in [0.1, 0.15) is 30.7 Å². The normalized spacial score (nSPS) is 17.1. The Hall–Kier alpha value is -1.94. The monoisotopic (exact) mass is 284 g/mol. The molecule has 0 N–H and O–H groups in total. The second kappa shape index (κ2) is 4.28. The summed E-state index contributed by atoms with van der Waals surface area (Å²) in [6.45, 7) is 0. The van der Waals surface area contributed by atoms with Crippen LogP contribution in [0.15, 0.2) is 42.7 Å². The van der Waals surface area contributed by atoms with Gasteiger partial charge in [-0.05, 0) is 30.5 Å². The first-order valence-corrected chi connectivity index (χ1v) is 7.10. The van der Waals surface area contributed by atoms with Crippen LogP contribution >= 0.6 is 11.6 Å². The summed E-state index contributed by atoms with van der Waals surface area (Å²) in [4.78, 5) is 8.85. The predicted octanol–water partition coefficient (Wildman–Crippen LogP) is 3.25. The Balaban J connectivity index is 1.91. The second-order valence-electron chi connectivity index (χ2n) is 5.22. The minimum absolute atomic E-state index is 0.147. The van der Waals surface area contributed by atoms with Crippen LogP contribution in [0.5, 0.6) is 0 Å². The number of hydrogen-bond acceptors (Lipinski definition) is 3. The number of nitrogens with zero attached hydrogens (tertiary/aromatic N) is 4. The number of fused-ring (bicyclic) bond motifs is 1. The molecule has 0 saturated heterocycles. The third-order valence-electron chi connectivity index (χ3n) is 4.14. The van der Waals surface area contributed by atoms with Crippen LogP contribution in [0.4, 0.5) is 0 Å². The van der Waals surface area contributed by atoms with Gasteiger partial charge in [-0.3, -0.25) is 0 Å². The maximum atomic E-state index is 6.39. The molecule has 1 fully saturated rings. The summed E-state index contributed by atoms with van der Waals surface area (Å²) in [6, 6.07) is 9.85. The van der Waals surface area contributed by atoms with E-state index >= 15 is 0 Å². The van der Waals surface area contributed by atoms with E-state index in [1.54, 1.807) is 10.7 Å². The largest absolute Gasteiger partial charge is 0.252 e. The lowest BCUT2D eigenvalue weighted by Crippen LogP contribution is -2.37. The lowest BCUT2D eigenvalue weighted by molar-refractivity contribution is 0.285. The molecule has 3 aromatic rings. The molecule has 4 rings (SSSR count). The van der Waals surface area contributed by atoms with E-state index in [1.165, 1.54) is 6.42 Å². The molecule has 2 aromatic heterocycles. The van der Waals surface area contributed by atoms with Crippen molar-refractivity contribution in [2.24, 2.45) is 0 Å². The highest BCUT2D eigenvalue weighted by atomic mass is 35.5. The van der Waals surface area contributed by atoms with Crippen molar-refractivity contribution < 1.29 is 0 Å². The number of benzene rings is 1. The van der Waals surface area contributed by atoms with Crippen molar-refractivity contribution in [3.05, 3.63) is 59.1 Å². The van der Waals surface area contributed by atoms with Gasteiger partial charge in [0.15, 0.2) is 5.82 Å². The Bertz CT molecular complexity index is 743. The van der Waals surface area contributed by atoms with Gasteiger partial charge in [-0.1, -0.05) is 36.2 Å². The molecule has 20 heavy (non-hydrogen) atoms. The molecule has 1 aliphatic rings. The SMILES string of the molecule is Clc1ccccc1C1(c2nc3ncccn3n2)CCC1. The van der Waals surface area contributed by atoms with E-state index in [0.29, 0.717) is 5.78 Å². The first kappa shape index (κ1) is 11.9. The number of halogens is 1. The smallest absolute Gasteiger partial charge is 0.220 e. The third-order valence-corrected chi connectivity index (χ3v) is 4.47. The molecule has 5 heteroatoms. The van der Waals surface area contributed by atoms with Crippen molar-refractivity contribution in [1.82, 2.24) is 19.6 Å². The van der Waals surface area contributed by atoms with Crippen LogP contribution in [-0.2, 0) is 5.41 Å². The van der Waals surface area contributed by atoms with E-state index < -0.39 is 0 Å². The molecule has 0 aliphatic heterocycles. The minimum Gasteiger partial charge on any atom is -0.220 e. The van der Waals surface area contributed by atoms with E-state index in [4.69, 9.17) is 11.6 Å². The molecule has 0 radical (unpaired) electrons. The van der Waals surface area contributed by atoms with Gasteiger partial charge >= 0.3 is 0 Å². The van der Waals surface area contributed by atoms with Crippen molar-refractivity contribution in [2.45, 2.75) is 24.7 Å². The molecule has 0 spiro atoms. The minimum atomic E-state index is -0.147. The zero-order valence-corrected chi connectivity index (χ0v) is 11.6. The van der Waals surface area contributed by atoms with Gasteiger partial charge in [0.2, 0.25) is 0 Å². The molecule has 0 bridgehead atoms. The molecule has 0 amide bonds. The molecule has 1 aromatic carbocycles. The Morgan fingerprint density at radius 2 is 2.00 bits per heavy atom. The number of hydrogen-bond donors (Lipinski definition) is 0. The average Bonchev–Trinajstić information content (AvgIpc) is 2.83. The molecule has 4 nitrogen and oxygen atoms in total. The Morgan fingerprint density at radius 3 is 2.70 bits per heavy atom. The molecule has 0 atom stereocenters. The summed E-state index contributed by atoms with van der Waals surface area (Å²) in [7, 11) is 0. The van der Waals surface area contributed by atoms with Crippen molar-refractivity contribution in [2.75, 3.05) is 0 Å². The van der Waals surface area contributed by atoms with Gasteiger partial charge in [-0.15, -0.1) is 5.10 Å². The molecule has 0 unspecified atom stereocenters. The summed E-state index contributed by atoms with van der Waals surface area (Å²) >= 11 is 6.39. The molecule has 100 valence electrons. The Morgan fingerprint density at radius 1 is 1.15 bits per heavy atom. The van der Waals surface area contributed by atoms with Crippen LogP contribution in [-0.4, -0.2) is 19.6 Å². The fourth-order valence-corrected chi connectivity index (χ4v) is 3.25. The fourth-order valence-electron chi connectivity index (χ4n) is 2.93. The lowest BCUT2D eigenvalue weighted by atomic mass is 9.64. The van der Waals surface area contributed by atoms with E-state index in [0.717, 1.165) is 29.3 Å². The van der Waals surface area contributed by atoms with E-state index in [2.05, 4.69) is 21.1 Å². The van der Waals surface area contributed by atoms with Crippen molar-refractivity contribution in [3.8, 4) is 0 Å². The van der Waals surface area contributed by atoms with Crippen LogP contribution in [0.3, 0.4) is 0 Å². The topological polar surface area (TPSA) is 43.1 Å². The van der Waals surface area contributed by atoms with Crippen molar-refractivity contribution in [3.63, 3.8) is 0 Å². The van der Waals surface area contributed by atoms with Crippen LogP contribution in [0.25, 0.3) is 5.78 Å². The van der Waals surface area contributed by atoms with Gasteiger partial charge in [0.1, 0.15) is 0 Å². The quantitative estimate of drug-likeness (QED) is 0.725. The summed E-state index contributed by atoms with van der Waals surface area (Å²) in [6.07, 6.45) is 6.85. The molecule has 2 heterocycles. The van der Waals surface area contributed by atoms with Crippen LogP contribution < -0.4 is 0 Å². The lowest BCUT2D eigenvalue weighted by Gasteiger charge is -2.40. The van der Waals surface area contributed by atoms with Gasteiger partial charge in [-0.2, -0.15) is 4.98 Å². The summed E-state index contributed by atoms with van der Waals surface area (Å²) in [5.41, 5.74) is 0.982. The maximum Gasteiger partial charge on any atom is 0.252 e. The van der Waals surface area contributed by atoms with Gasteiger partial charge in [-0.25, -0.2) is 9.50 Å². The van der Waals surface area contributed by atoms with E-state index in [1.807, 2.05) is 30.5 Å². The summed E-state index contributed by atoms with van der Waals surface area (Å²) in [5.74, 6) is 1.47. The molecule has 1 aliphatic carbocycles. The van der Waals surface area contributed by atoms with Crippen LogP contribution in [0.2, 0.25) is 5.02 Å². The van der Waals surface area contributed by atoms with Gasteiger partial charge in [0, 0.05) is 17.4 Å². The molecular formula is C15H13ClN4. The second-order valence-corrected chi connectivity index (χ2v) is 5.62. The van der Waals surface area contributed by atoms with Gasteiger partial charge < -0.3 is 0 Å². The molecule has 1 saturated carbocycles. The third kappa shape index (κ3) is 1.58. The average molecular weight is 285 g/mol. The Kier molecular flexibility index (Phi) is 2.54. The first-order valence-electron chi connectivity index (χ1n) is 6.72. The number of aromatic nitrogens is 4. The van der Waals surface area contributed by atoms with Crippen molar-refractivity contribution >= 4 is 17.4 Å².